The van der Waals surface area contributed by atoms with Crippen molar-refractivity contribution in [3.8, 4) is 0 Å². The van der Waals surface area contributed by atoms with Gasteiger partial charge in [0.25, 0.3) is 0 Å². The molecule has 0 aromatic carbocycles. The molecule has 0 bridgehead atoms. The Balaban J connectivity index is 2.31. The van der Waals surface area contributed by atoms with Crippen LogP contribution in [0.25, 0.3) is 4.96 Å². The summed E-state index contributed by atoms with van der Waals surface area (Å²) in [5, 5.41) is 4.06. The van der Waals surface area contributed by atoms with E-state index in [9.17, 15) is 4.79 Å². The van der Waals surface area contributed by atoms with Crippen molar-refractivity contribution >= 4 is 22.6 Å². The number of aldehydes is 1. The van der Waals surface area contributed by atoms with Crippen molar-refractivity contribution in [2.24, 2.45) is 0 Å². The monoisotopic (exact) mass is 193 g/mol. The van der Waals surface area contributed by atoms with E-state index in [4.69, 9.17) is 0 Å². The molecule has 2 aromatic rings. The van der Waals surface area contributed by atoms with Crippen LogP contribution in [-0.4, -0.2) is 20.9 Å². The first kappa shape index (κ1) is 7.20. The average Bonchev–Trinajstić information content (AvgIpc) is 2.76. The summed E-state index contributed by atoms with van der Waals surface area (Å²) in [6.07, 6.45) is 3.17. The Kier molecular flexibility index (Phi) is 1.32. The molecule has 0 atom stereocenters. The summed E-state index contributed by atoms with van der Waals surface area (Å²) < 4.78 is 1.63. The zero-order valence-electron chi connectivity index (χ0n) is 6.80. The van der Waals surface area contributed by atoms with Crippen molar-refractivity contribution in [1.29, 1.82) is 0 Å². The Bertz CT molecular complexity index is 469. The van der Waals surface area contributed by atoms with Gasteiger partial charge in [0.15, 0.2) is 6.29 Å². The van der Waals surface area contributed by atoms with Gasteiger partial charge in [0, 0.05) is 5.92 Å². The van der Waals surface area contributed by atoms with Crippen LogP contribution in [0.1, 0.15) is 34.9 Å². The molecule has 4 nitrogen and oxygen atoms in total. The number of hydrogen-bond donors (Lipinski definition) is 0. The minimum atomic E-state index is 0.508. The summed E-state index contributed by atoms with van der Waals surface area (Å²) in [5.74, 6) is 0.508. The van der Waals surface area contributed by atoms with E-state index in [0.717, 1.165) is 29.8 Å². The third-order valence-corrected chi connectivity index (χ3v) is 2.96. The SMILES string of the molecule is O=Cc1c(C2CC2)nc2scnn12. The van der Waals surface area contributed by atoms with Crippen molar-refractivity contribution in [1.82, 2.24) is 14.6 Å². The molecule has 1 saturated carbocycles. The van der Waals surface area contributed by atoms with Gasteiger partial charge in [-0.25, -0.2) is 9.50 Å². The first-order valence-electron chi connectivity index (χ1n) is 4.17. The Morgan fingerprint density at radius 3 is 3.15 bits per heavy atom. The molecule has 0 unspecified atom stereocenters. The fraction of sp³-hybridized carbons (Fsp3) is 0.375. The summed E-state index contributed by atoms with van der Waals surface area (Å²) in [6, 6.07) is 0. The Hall–Kier alpha value is -1.23. The second-order valence-electron chi connectivity index (χ2n) is 3.21. The van der Waals surface area contributed by atoms with Crippen LogP contribution in [-0.2, 0) is 0 Å². The number of carbonyl (C=O) groups is 1. The van der Waals surface area contributed by atoms with Gasteiger partial charge in [0.2, 0.25) is 4.96 Å². The smallest absolute Gasteiger partial charge is 0.212 e. The molecule has 0 amide bonds. The molecule has 2 aromatic heterocycles. The maximum Gasteiger partial charge on any atom is 0.212 e. The van der Waals surface area contributed by atoms with E-state index in [2.05, 4.69) is 10.1 Å². The second-order valence-corrected chi connectivity index (χ2v) is 4.02. The van der Waals surface area contributed by atoms with Gasteiger partial charge in [0.1, 0.15) is 11.2 Å². The van der Waals surface area contributed by atoms with Crippen LogP contribution in [0.2, 0.25) is 0 Å². The average molecular weight is 193 g/mol. The lowest BCUT2D eigenvalue weighted by atomic mass is 10.2. The molecule has 0 radical (unpaired) electrons. The van der Waals surface area contributed by atoms with Crippen molar-refractivity contribution in [2.45, 2.75) is 18.8 Å². The number of carbonyl (C=O) groups excluding carboxylic acids is 1. The van der Waals surface area contributed by atoms with Gasteiger partial charge in [-0.15, -0.1) is 0 Å². The van der Waals surface area contributed by atoms with Crippen LogP contribution in [0.3, 0.4) is 0 Å². The van der Waals surface area contributed by atoms with Crippen molar-refractivity contribution in [3.63, 3.8) is 0 Å². The van der Waals surface area contributed by atoms with Crippen LogP contribution in [0.4, 0.5) is 0 Å². The number of hydrogen-bond acceptors (Lipinski definition) is 4. The quantitative estimate of drug-likeness (QED) is 0.679. The van der Waals surface area contributed by atoms with Crippen molar-refractivity contribution in [3.05, 3.63) is 16.9 Å². The van der Waals surface area contributed by atoms with Crippen molar-refractivity contribution < 1.29 is 4.79 Å². The standard InChI is InChI=1S/C8H7N3OS/c12-3-6-7(5-1-2-5)10-8-11(6)9-4-13-8/h3-5H,1-2H2. The molecule has 66 valence electrons. The van der Waals surface area contributed by atoms with E-state index in [1.807, 2.05) is 0 Å². The van der Waals surface area contributed by atoms with Gasteiger partial charge in [-0.2, -0.15) is 5.10 Å². The molecule has 3 rings (SSSR count). The van der Waals surface area contributed by atoms with Crippen molar-refractivity contribution in [2.75, 3.05) is 0 Å². The minimum absolute atomic E-state index is 0.508. The number of rotatable bonds is 2. The molecular formula is C8H7N3OS. The highest BCUT2D eigenvalue weighted by atomic mass is 32.1. The lowest BCUT2D eigenvalue weighted by Gasteiger charge is -1.90. The molecule has 5 heteroatoms. The summed E-state index contributed by atoms with van der Waals surface area (Å²) in [5.41, 5.74) is 3.28. The molecular weight excluding hydrogens is 186 g/mol. The van der Waals surface area contributed by atoms with Crippen LogP contribution < -0.4 is 0 Å². The van der Waals surface area contributed by atoms with Crippen LogP contribution in [0, 0.1) is 0 Å². The predicted molar refractivity (Wildman–Crippen MR) is 48.2 cm³/mol. The van der Waals surface area contributed by atoms with Gasteiger partial charge in [-0.3, -0.25) is 4.79 Å². The largest absolute Gasteiger partial charge is 0.296 e. The molecule has 0 spiro atoms. The topological polar surface area (TPSA) is 47.3 Å². The lowest BCUT2D eigenvalue weighted by Crippen LogP contribution is -1.94. The van der Waals surface area contributed by atoms with Crippen LogP contribution >= 0.6 is 11.3 Å². The summed E-state index contributed by atoms with van der Waals surface area (Å²) in [4.78, 5) is 16.1. The molecule has 13 heavy (non-hydrogen) atoms. The predicted octanol–water partition coefficient (Wildman–Crippen LogP) is 1.48. The van der Waals surface area contributed by atoms with E-state index in [-0.39, 0.29) is 0 Å². The van der Waals surface area contributed by atoms with Gasteiger partial charge in [-0.05, 0) is 12.8 Å². The van der Waals surface area contributed by atoms with Crippen LogP contribution in [0.5, 0.6) is 0 Å². The highest BCUT2D eigenvalue weighted by Gasteiger charge is 2.30. The maximum absolute atomic E-state index is 10.8. The van der Waals surface area contributed by atoms with E-state index in [0.29, 0.717) is 11.6 Å². The zero-order valence-corrected chi connectivity index (χ0v) is 7.62. The highest BCUT2D eigenvalue weighted by Crippen LogP contribution is 2.41. The molecule has 1 aliphatic carbocycles. The summed E-state index contributed by atoms with van der Waals surface area (Å²) >= 11 is 1.46. The summed E-state index contributed by atoms with van der Waals surface area (Å²) in [7, 11) is 0. The normalized spacial score (nSPS) is 16.6. The lowest BCUT2D eigenvalue weighted by molar-refractivity contribution is 0.111. The third kappa shape index (κ3) is 0.935. The third-order valence-electron chi connectivity index (χ3n) is 2.28. The zero-order chi connectivity index (χ0) is 8.84. The Morgan fingerprint density at radius 1 is 1.62 bits per heavy atom. The van der Waals surface area contributed by atoms with Gasteiger partial charge in [0.05, 0.1) is 5.69 Å². The number of imidazole rings is 1. The Labute approximate surface area is 78.2 Å². The molecule has 1 aliphatic rings. The molecule has 0 N–H and O–H groups in total. The molecule has 2 heterocycles. The number of fused-ring (bicyclic) bond motifs is 1. The first-order valence-corrected chi connectivity index (χ1v) is 5.05. The van der Waals surface area contributed by atoms with Gasteiger partial charge in [-0.1, -0.05) is 11.3 Å². The molecule has 0 aliphatic heterocycles. The first-order chi connectivity index (χ1) is 6.40. The van der Waals surface area contributed by atoms with E-state index < -0.39 is 0 Å². The fourth-order valence-corrected chi connectivity index (χ4v) is 2.12. The molecule has 1 fully saturated rings. The van der Waals surface area contributed by atoms with Gasteiger partial charge < -0.3 is 0 Å². The summed E-state index contributed by atoms with van der Waals surface area (Å²) in [6.45, 7) is 0. The minimum Gasteiger partial charge on any atom is -0.296 e. The fourth-order valence-electron chi connectivity index (χ4n) is 1.49. The molecule has 0 saturated heterocycles. The highest BCUT2D eigenvalue weighted by molar-refractivity contribution is 7.14. The second kappa shape index (κ2) is 2.38. The van der Waals surface area contributed by atoms with Gasteiger partial charge >= 0.3 is 0 Å². The van der Waals surface area contributed by atoms with Crippen LogP contribution in [0.15, 0.2) is 5.51 Å². The van der Waals surface area contributed by atoms with E-state index in [1.54, 1.807) is 10.0 Å². The van der Waals surface area contributed by atoms with E-state index in [1.165, 1.54) is 11.3 Å². The number of aromatic nitrogens is 3. The Morgan fingerprint density at radius 2 is 2.46 bits per heavy atom. The maximum atomic E-state index is 10.8. The number of nitrogens with zero attached hydrogens (tertiary/aromatic N) is 3. The van der Waals surface area contributed by atoms with E-state index >= 15 is 0 Å².